The SMILES string of the molecule is CN1C(=NC2CCCCCC2)SCC1N(C=O)c1ccc(Cl)cc1. The summed E-state index contributed by atoms with van der Waals surface area (Å²) in [5.74, 6) is 0.837. The Morgan fingerprint density at radius 1 is 1.21 bits per heavy atom. The van der Waals surface area contributed by atoms with Crippen molar-refractivity contribution in [1.82, 2.24) is 4.90 Å². The van der Waals surface area contributed by atoms with Gasteiger partial charge in [-0.2, -0.15) is 0 Å². The summed E-state index contributed by atoms with van der Waals surface area (Å²) in [6.07, 6.45) is 8.52. The summed E-state index contributed by atoms with van der Waals surface area (Å²) in [6.45, 7) is 0. The number of hydrogen-bond donors (Lipinski definition) is 0. The average Bonchev–Trinajstić information content (AvgIpc) is 2.79. The fourth-order valence-electron chi connectivity index (χ4n) is 3.34. The maximum atomic E-state index is 11.7. The number of hydrogen-bond acceptors (Lipinski definition) is 3. The van der Waals surface area contributed by atoms with Crippen molar-refractivity contribution < 1.29 is 4.79 Å². The second-order valence-corrected chi connectivity index (χ2v) is 7.87. The molecule has 1 heterocycles. The molecule has 1 saturated carbocycles. The predicted molar refractivity (Wildman–Crippen MR) is 103 cm³/mol. The monoisotopic (exact) mass is 365 g/mol. The molecule has 0 aromatic heterocycles. The number of rotatable bonds is 4. The number of nitrogens with zero attached hydrogens (tertiary/aromatic N) is 3. The molecule has 1 aromatic rings. The zero-order valence-electron chi connectivity index (χ0n) is 14.0. The summed E-state index contributed by atoms with van der Waals surface area (Å²) in [4.78, 5) is 20.6. The summed E-state index contributed by atoms with van der Waals surface area (Å²) in [6, 6.07) is 7.84. The van der Waals surface area contributed by atoms with Crippen LogP contribution in [0.4, 0.5) is 5.69 Å². The predicted octanol–water partition coefficient (Wildman–Crippen LogP) is 4.39. The molecular weight excluding hydrogens is 342 g/mol. The van der Waals surface area contributed by atoms with Crippen LogP contribution < -0.4 is 4.90 Å². The Bertz CT molecular complexity index is 584. The molecule has 24 heavy (non-hydrogen) atoms. The standard InChI is InChI=1S/C18H24ClN3OS/c1-21-17(22(13-23)16-10-8-14(19)9-11-16)12-24-18(21)20-15-6-4-2-3-5-7-15/h8-11,13,15,17H,2-7,12H2,1H3. The lowest BCUT2D eigenvalue weighted by molar-refractivity contribution is -0.108. The first kappa shape index (κ1) is 17.6. The minimum absolute atomic E-state index is 0.00166. The zero-order valence-corrected chi connectivity index (χ0v) is 15.6. The molecule has 2 fully saturated rings. The molecule has 4 nitrogen and oxygen atoms in total. The van der Waals surface area contributed by atoms with Gasteiger partial charge in [0, 0.05) is 23.5 Å². The fourth-order valence-corrected chi connectivity index (χ4v) is 4.70. The molecule has 3 rings (SSSR count). The average molecular weight is 366 g/mol. The summed E-state index contributed by atoms with van der Waals surface area (Å²) in [5, 5.41) is 1.74. The van der Waals surface area contributed by atoms with Crippen molar-refractivity contribution in [3.63, 3.8) is 0 Å². The van der Waals surface area contributed by atoms with Crippen molar-refractivity contribution in [3.8, 4) is 0 Å². The minimum Gasteiger partial charge on any atom is -0.333 e. The third kappa shape index (κ3) is 4.06. The van der Waals surface area contributed by atoms with E-state index < -0.39 is 0 Å². The van der Waals surface area contributed by atoms with Crippen LogP contribution in [0.25, 0.3) is 0 Å². The number of amidine groups is 1. The molecular formula is C18H24ClN3OS. The summed E-state index contributed by atoms with van der Waals surface area (Å²) >= 11 is 7.70. The lowest BCUT2D eigenvalue weighted by atomic mass is 10.1. The molecule has 2 aliphatic rings. The Labute approximate surface area is 153 Å². The first-order chi connectivity index (χ1) is 11.7. The quantitative estimate of drug-likeness (QED) is 0.586. The minimum atomic E-state index is -0.00166. The first-order valence-electron chi connectivity index (χ1n) is 8.61. The highest BCUT2D eigenvalue weighted by Crippen LogP contribution is 2.30. The van der Waals surface area contributed by atoms with Gasteiger partial charge in [0.15, 0.2) is 5.17 Å². The Kier molecular flexibility index (Phi) is 6.06. The second-order valence-electron chi connectivity index (χ2n) is 6.45. The molecule has 1 amide bonds. The van der Waals surface area contributed by atoms with Crippen LogP contribution in [0.3, 0.4) is 0 Å². The van der Waals surface area contributed by atoms with Gasteiger partial charge in [-0.15, -0.1) is 0 Å². The number of halogens is 1. The summed E-state index contributed by atoms with van der Waals surface area (Å²) in [7, 11) is 2.03. The number of amides is 1. The van der Waals surface area contributed by atoms with E-state index in [1.165, 1.54) is 38.5 Å². The van der Waals surface area contributed by atoms with E-state index in [4.69, 9.17) is 16.6 Å². The van der Waals surface area contributed by atoms with Crippen molar-refractivity contribution >= 4 is 40.6 Å². The lowest BCUT2D eigenvalue weighted by Gasteiger charge is -2.30. The van der Waals surface area contributed by atoms with Gasteiger partial charge in [0.05, 0.1) is 6.04 Å². The van der Waals surface area contributed by atoms with Gasteiger partial charge in [0.2, 0.25) is 6.41 Å². The molecule has 0 bridgehead atoms. The van der Waals surface area contributed by atoms with E-state index in [1.807, 2.05) is 31.3 Å². The highest BCUT2D eigenvalue weighted by molar-refractivity contribution is 8.14. The van der Waals surface area contributed by atoms with Gasteiger partial charge in [-0.25, -0.2) is 0 Å². The van der Waals surface area contributed by atoms with Gasteiger partial charge in [-0.05, 0) is 37.1 Å². The fraction of sp³-hybridized carbons (Fsp3) is 0.556. The molecule has 130 valence electrons. The number of benzene rings is 1. The van der Waals surface area contributed by atoms with E-state index in [-0.39, 0.29) is 6.17 Å². The van der Waals surface area contributed by atoms with E-state index in [9.17, 15) is 4.79 Å². The van der Waals surface area contributed by atoms with Gasteiger partial charge in [-0.3, -0.25) is 14.7 Å². The molecule has 0 radical (unpaired) electrons. The van der Waals surface area contributed by atoms with Gasteiger partial charge in [-0.1, -0.05) is 49.0 Å². The Morgan fingerprint density at radius 3 is 2.50 bits per heavy atom. The highest BCUT2D eigenvalue weighted by Gasteiger charge is 2.32. The van der Waals surface area contributed by atoms with Crippen molar-refractivity contribution in [3.05, 3.63) is 29.3 Å². The van der Waals surface area contributed by atoms with Gasteiger partial charge in [0.1, 0.15) is 6.17 Å². The van der Waals surface area contributed by atoms with E-state index in [1.54, 1.807) is 16.7 Å². The van der Waals surface area contributed by atoms with Crippen LogP contribution in [-0.4, -0.2) is 41.5 Å². The van der Waals surface area contributed by atoms with Crippen LogP contribution in [0.15, 0.2) is 29.3 Å². The zero-order chi connectivity index (χ0) is 16.9. The van der Waals surface area contributed by atoms with Gasteiger partial charge >= 0.3 is 0 Å². The van der Waals surface area contributed by atoms with Crippen LogP contribution in [0.1, 0.15) is 38.5 Å². The van der Waals surface area contributed by atoms with Crippen molar-refractivity contribution in [2.45, 2.75) is 50.7 Å². The Hall–Kier alpha value is -1.20. The molecule has 1 unspecified atom stereocenters. The largest absolute Gasteiger partial charge is 0.333 e. The molecule has 6 heteroatoms. The molecule has 0 N–H and O–H groups in total. The van der Waals surface area contributed by atoms with E-state index in [0.717, 1.165) is 23.0 Å². The van der Waals surface area contributed by atoms with Crippen LogP contribution in [-0.2, 0) is 4.79 Å². The molecule has 0 spiro atoms. The van der Waals surface area contributed by atoms with Gasteiger partial charge < -0.3 is 4.90 Å². The van der Waals surface area contributed by atoms with Crippen LogP contribution in [0.2, 0.25) is 5.02 Å². The number of carbonyl (C=O) groups is 1. The second kappa shape index (κ2) is 8.26. The topological polar surface area (TPSA) is 35.9 Å². The van der Waals surface area contributed by atoms with E-state index in [0.29, 0.717) is 11.1 Å². The van der Waals surface area contributed by atoms with E-state index in [2.05, 4.69) is 4.90 Å². The van der Waals surface area contributed by atoms with Crippen LogP contribution in [0.5, 0.6) is 0 Å². The summed E-state index contributed by atoms with van der Waals surface area (Å²) < 4.78 is 0. The van der Waals surface area contributed by atoms with Crippen molar-refractivity contribution in [2.75, 3.05) is 17.7 Å². The normalized spacial score (nSPS) is 24.2. The van der Waals surface area contributed by atoms with Gasteiger partial charge in [0.25, 0.3) is 0 Å². The molecule has 1 atom stereocenters. The maximum Gasteiger partial charge on any atom is 0.215 e. The highest BCUT2D eigenvalue weighted by atomic mass is 35.5. The molecule has 1 saturated heterocycles. The number of carbonyl (C=O) groups excluding carboxylic acids is 1. The van der Waals surface area contributed by atoms with E-state index >= 15 is 0 Å². The van der Waals surface area contributed by atoms with Crippen molar-refractivity contribution in [1.29, 1.82) is 0 Å². The number of anilines is 1. The first-order valence-corrected chi connectivity index (χ1v) is 9.98. The summed E-state index contributed by atoms with van der Waals surface area (Å²) in [5.41, 5.74) is 0.863. The smallest absolute Gasteiger partial charge is 0.215 e. The third-order valence-corrected chi connectivity index (χ3v) is 6.16. The van der Waals surface area contributed by atoms with Crippen molar-refractivity contribution in [2.24, 2.45) is 4.99 Å². The molecule has 1 aliphatic carbocycles. The number of aliphatic imine (C=N–C) groups is 1. The Morgan fingerprint density at radius 2 is 1.88 bits per heavy atom. The molecule has 1 aliphatic heterocycles. The van der Waals surface area contributed by atoms with Crippen LogP contribution in [0, 0.1) is 0 Å². The Balaban J connectivity index is 1.73. The lowest BCUT2D eigenvalue weighted by Crippen LogP contribution is -2.45. The van der Waals surface area contributed by atoms with Crippen LogP contribution >= 0.6 is 23.4 Å². The number of thioether (sulfide) groups is 1. The molecule has 1 aromatic carbocycles. The maximum absolute atomic E-state index is 11.7. The third-order valence-electron chi connectivity index (χ3n) is 4.79.